The van der Waals surface area contributed by atoms with Crippen LogP contribution in [0.4, 0.5) is 5.69 Å². The molecular weight excluding hydrogens is 236 g/mol. The van der Waals surface area contributed by atoms with E-state index in [-0.39, 0.29) is 5.91 Å². The lowest BCUT2D eigenvalue weighted by molar-refractivity contribution is -0.119. The number of hydrogen-bond donors (Lipinski definition) is 0. The number of hydrogen-bond acceptors (Lipinski definition) is 2. The van der Waals surface area contributed by atoms with E-state index in [0.29, 0.717) is 6.54 Å². The van der Waals surface area contributed by atoms with Gasteiger partial charge in [0, 0.05) is 19.3 Å². The predicted molar refractivity (Wildman–Crippen MR) is 79.3 cm³/mol. The van der Waals surface area contributed by atoms with Crippen molar-refractivity contribution in [2.75, 3.05) is 31.6 Å². The van der Waals surface area contributed by atoms with E-state index in [1.54, 1.807) is 4.90 Å². The maximum absolute atomic E-state index is 12.3. The number of carbonyl (C=O) groups excluding carboxylic acids is 1. The first-order valence-electron chi connectivity index (χ1n) is 7.24. The van der Waals surface area contributed by atoms with E-state index >= 15 is 0 Å². The first-order valence-corrected chi connectivity index (χ1v) is 7.24. The molecule has 1 saturated carbocycles. The molecule has 1 aromatic rings. The van der Waals surface area contributed by atoms with Gasteiger partial charge >= 0.3 is 0 Å². The molecule has 1 aliphatic carbocycles. The summed E-state index contributed by atoms with van der Waals surface area (Å²) in [5.41, 5.74) is 0.968. The third kappa shape index (κ3) is 4.35. The van der Waals surface area contributed by atoms with E-state index in [4.69, 9.17) is 0 Å². The number of carbonyl (C=O) groups is 1. The molecule has 3 heteroatoms. The summed E-state index contributed by atoms with van der Waals surface area (Å²) >= 11 is 0. The Hall–Kier alpha value is -1.35. The molecule has 1 aromatic carbocycles. The average Bonchev–Trinajstić information content (AvgIpc) is 3.23. The number of nitrogens with zero attached hydrogens (tertiary/aromatic N) is 2. The molecule has 1 aliphatic rings. The van der Waals surface area contributed by atoms with Gasteiger partial charge in [0.1, 0.15) is 0 Å². The molecule has 0 atom stereocenters. The van der Waals surface area contributed by atoms with Crippen molar-refractivity contribution >= 4 is 11.6 Å². The monoisotopic (exact) mass is 260 g/mol. The maximum atomic E-state index is 12.3. The largest absolute Gasteiger partial charge is 0.314 e. The first-order chi connectivity index (χ1) is 9.20. The predicted octanol–water partition coefficient (Wildman–Crippen LogP) is 2.77. The molecule has 3 nitrogen and oxygen atoms in total. The lowest BCUT2D eigenvalue weighted by atomic mass is 10.3. The molecule has 0 aliphatic heterocycles. The van der Waals surface area contributed by atoms with E-state index in [0.717, 1.165) is 31.1 Å². The van der Waals surface area contributed by atoms with Crippen LogP contribution < -0.4 is 4.90 Å². The van der Waals surface area contributed by atoms with Crippen molar-refractivity contribution in [2.24, 2.45) is 5.92 Å². The van der Waals surface area contributed by atoms with Crippen molar-refractivity contribution in [3.05, 3.63) is 30.3 Å². The molecule has 19 heavy (non-hydrogen) atoms. The SMILES string of the molecule is CCCN(CC(=O)N(C)c1ccccc1)CC1CC1. The summed E-state index contributed by atoms with van der Waals surface area (Å²) in [5.74, 6) is 1.02. The van der Waals surface area contributed by atoms with Gasteiger partial charge in [-0.05, 0) is 43.9 Å². The number of para-hydroxylation sites is 1. The second-order valence-electron chi connectivity index (χ2n) is 5.47. The fourth-order valence-corrected chi connectivity index (χ4v) is 2.31. The van der Waals surface area contributed by atoms with Crippen molar-refractivity contribution in [3.8, 4) is 0 Å². The lowest BCUT2D eigenvalue weighted by Gasteiger charge is -2.24. The van der Waals surface area contributed by atoms with Gasteiger partial charge in [-0.3, -0.25) is 9.69 Å². The fourth-order valence-electron chi connectivity index (χ4n) is 2.31. The Kier molecular flexibility index (Phi) is 4.97. The topological polar surface area (TPSA) is 23.6 Å². The van der Waals surface area contributed by atoms with E-state index in [1.807, 2.05) is 37.4 Å². The molecular formula is C16H24N2O. The molecule has 0 spiro atoms. The highest BCUT2D eigenvalue weighted by atomic mass is 16.2. The maximum Gasteiger partial charge on any atom is 0.240 e. The second kappa shape index (κ2) is 6.71. The highest BCUT2D eigenvalue weighted by molar-refractivity contribution is 5.94. The van der Waals surface area contributed by atoms with Crippen LogP contribution in [0.3, 0.4) is 0 Å². The van der Waals surface area contributed by atoms with Crippen LogP contribution in [0.15, 0.2) is 30.3 Å². The van der Waals surface area contributed by atoms with E-state index in [9.17, 15) is 4.79 Å². The number of anilines is 1. The van der Waals surface area contributed by atoms with Crippen LogP contribution in [0.2, 0.25) is 0 Å². The quantitative estimate of drug-likeness (QED) is 0.752. The summed E-state index contributed by atoms with van der Waals surface area (Å²) in [7, 11) is 1.86. The fraction of sp³-hybridized carbons (Fsp3) is 0.562. The summed E-state index contributed by atoms with van der Waals surface area (Å²) in [6, 6.07) is 9.85. The first kappa shape index (κ1) is 14.1. The van der Waals surface area contributed by atoms with Gasteiger partial charge in [0.25, 0.3) is 0 Å². The molecule has 0 saturated heterocycles. The zero-order chi connectivity index (χ0) is 13.7. The normalized spacial score (nSPS) is 14.7. The molecule has 0 radical (unpaired) electrons. The summed E-state index contributed by atoms with van der Waals surface area (Å²) in [6.45, 7) is 4.81. The lowest BCUT2D eigenvalue weighted by Crippen LogP contribution is -2.39. The van der Waals surface area contributed by atoms with Crippen molar-refractivity contribution < 1.29 is 4.79 Å². The zero-order valence-electron chi connectivity index (χ0n) is 12.0. The van der Waals surface area contributed by atoms with Crippen LogP contribution >= 0.6 is 0 Å². The number of benzene rings is 1. The van der Waals surface area contributed by atoms with Gasteiger partial charge in [-0.2, -0.15) is 0 Å². The zero-order valence-corrected chi connectivity index (χ0v) is 12.0. The Morgan fingerprint density at radius 1 is 1.26 bits per heavy atom. The Balaban J connectivity index is 1.90. The van der Waals surface area contributed by atoms with E-state index < -0.39 is 0 Å². The molecule has 2 rings (SSSR count). The van der Waals surface area contributed by atoms with Gasteiger partial charge in [0.05, 0.1) is 6.54 Å². The standard InChI is InChI=1S/C16H24N2O/c1-3-11-18(12-14-9-10-14)13-16(19)17(2)15-7-5-4-6-8-15/h4-8,14H,3,9-13H2,1-2H3. The Bertz CT molecular complexity index is 400. The van der Waals surface area contributed by atoms with Gasteiger partial charge in [-0.15, -0.1) is 0 Å². The Labute approximate surface area is 116 Å². The van der Waals surface area contributed by atoms with Gasteiger partial charge in [-0.1, -0.05) is 25.1 Å². The molecule has 0 heterocycles. The number of likely N-dealkylation sites (N-methyl/N-ethyl adjacent to an activating group) is 1. The number of rotatable bonds is 7. The van der Waals surface area contributed by atoms with Gasteiger partial charge in [0.15, 0.2) is 0 Å². The molecule has 1 amide bonds. The van der Waals surface area contributed by atoms with Crippen LogP contribution in [-0.4, -0.2) is 37.5 Å². The minimum atomic E-state index is 0.181. The van der Waals surface area contributed by atoms with Crippen molar-refractivity contribution in [1.29, 1.82) is 0 Å². The summed E-state index contributed by atoms with van der Waals surface area (Å²) < 4.78 is 0. The molecule has 0 N–H and O–H groups in total. The van der Waals surface area contributed by atoms with Crippen LogP contribution in [-0.2, 0) is 4.79 Å². The van der Waals surface area contributed by atoms with Crippen LogP contribution in [0.5, 0.6) is 0 Å². The van der Waals surface area contributed by atoms with Crippen LogP contribution in [0.1, 0.15) is 26.2 Å². The van der Waals surface area contributed by atoms with Crippen molar-refractivity contribution in [1.82, 2.24) is 4.90 Å². The van der Waals surface area contributed by atoms with Crippen molar-refractivity contribution in [3.63, 3.8) is 0 Å². The van der Waals surface area contributed by atoms with E-state index in [2.05, 4.69) is 11.8 Å². The van der Waals surface area contributed by atoms with Crippen molar-refractivity contribution in [2.45, 2.75) is 26.2 Å². The smallest absolute Gasteiger partial charge is 0.240 e. The minimum Gasteiger partial charge on any atom is -0.314 e. The molecule has 104 valence electrons. The molecule has 0 unspecified atom stereocenters. The molecule has 0 bridgehead atoms. The second-order valence-corrected chi connectivity index (χ2v) is 5.47. The van der Waals surface area contributed by atoms with Gasteiger partial charge in [0.2, 0.25) is 5.91 Å². The van der Waals surface area contributed by atoms with E-state index in [1.165, 1.54) is 12.8 Å². The highest BCUT2D eigenvalue weighted by Gasteiger charge is 2.25. The average molecular weight is 260 g/mol. The third-order valence-electron chi connectivity index (χ3n) is 3.63. The Morgan fingerprint density at radius 2 is 1.95 bits per heavy atom. The number of amides is 1. The molecule has 0 aromatic heterocycles. The summed E-state index contributed by atoms with van der Waals surface area (Å²) in [5, 5.41) is 0. The highest BCUT2D eigenvalue weighted by Crippen LogP contribution is 2.29. The summed E-state index contributed by atoms with van der Waals surface area (Å²) in [6.07, 6.45) is 3.78. The minimum absolute atomic E-state index is 0.181. The summed E-state index contributed by atoms with van der Waals surface area (Å²) in [4.78, 5) is 16.4. The molecule has 1 fully saturated rings. The van der Waals surface area contributed by atoms with Crippen LogP contribution in [0, 0.1) is 5.92 Å². The van der Waals surface area contributed by atoms with Crippen LogP contribution in [0.25, 0.3) is 0 Å². The van der Waals surface area contributed by atoms with Gasteiger partial charge in [-0.25, -0.2) is 0 Å². The Morgan fingerprint density at radius 3 is 2.53 bits per heavy atom. The van der Waals surface area contributed by atoms with Gasteiger partial charge < -0.3 is 4.90 Å². The third-order valence-corrected chi connectivity index (χ3v) is 3.63.